The molecule has 2 amide bonds. The van der Waals surface area contributed by atoms with Crippen LogP contribution < -0.4 is 0 Å². The maximum Gasteiger partial charge on any atom is 0.410 e. The Morgan fingerprint density at radius 3 is 2.22 bits per heavy atom. The number of hydrogen-bond acceptors (Lipinski definition) is 3. The Hall–Kier alpha value is -2.24. The molecule has 0 N–H and O–H groups in total. The van der Waals surface area contributed by atoms with Crippen LogP contribution in [0, 0.1) is 0 Å². The normalized spacial score (nSPS) is 18.0. The molecular formula is C25H30Cl2N2O3. The quantitative estimate of drug-likeness (QED) is 0.505. The molecule has 0 aliphatic heterocycles. The second kappa shape index (κ2) is 9.32. The molecule has 0 radical (unpaired) electrons. The van der Waals surface area contributed by atoms with Gasteiger partial charge in [-0.15, -0.1) is 0 Å². The molecule has 2 aromatic carbocycles. The lowest BCUT2D eigenvalue weighted by molar-refractivity contribution is 0.0202. The molecular weight excluding hydrogens is 447 g/mol. The summed E-state index contributed by atoms with van der Waals surface area (Å²) in [5.74, 6) is -0.0266. The molecule has 0 heterocycles. The Labute approximate surface area is 200 Å². The van der Waals surface area contributed by atoms with E-state index in [0.717, 1.165) is 29.5 Å². The summed E-state index contributed by atoms with van der Waals surface area (Å²) in [6.45, 7) is 5.56. The van der Waals surface area contributed by atoms with E-state index in [9.17, 15) is 9.59 Å². The fraction of sp³-hybridized carbons (Fsp3) is 0.440. The Balaban J connectivity index is 2.06. The van der Waals surface area contributed by atoms with Crippen molar-refractivity contribution >= 4 is 35.2 Å². The number of carbonyl (C=O) groups excluding carboxylic acids is 2. The third-order valence-electron chi connectivity index (χ3n) is 5.70. The number of fused-ring (bicyclic) bond motifs is 1. The number of amides is 2. The predicted molar refractivity (Wildman–Crippen MR) is 129 cm³/mol. The van der Waals surface area contributed by atoms with Crippen LogP contribution in [0.3, 0.4) is 0 Å². The summed E-state index contributed by atoms with van der Waals surface area (Å²) in [7, 11) is 5.23. The van der Waals surface area contributed by atoms with Gasteiger partial charge in [-0.2, -0.15) is 0 Å². The van der Waals surface area contributed by atoms with Gasteiger partial charge in [0.25, 0.3) is 5.91 Å². The van der Waals surface area contributed by atoms with Crippen LogP contribution >= 0.6 is 23.2 Å². The minimum absolute atomic E-state index is 0.0398. The second-order valence-corrected chi connectivity index (χ2v) is 10.3. The number of carbonyl (C=O) groups is 2. The molecule has 0 aromatic heterocycles. The summed E-state index contributed by atoms with van der Waals surface area (Å²) < 4.78 is 5.60. The van der Waals surface area contributed by atoms with Crippen molar-refractivity contribution in [1.29, 1.82) is 0 Å². The minimum atomic E-state index is -0.576. The molecule has 32 heavy (non-hydrogen) atoms. The molecule has 0 unspecified atom stereocenters. The van der Waals surface area contributed by atoms with Crippen LogP contribution in [-0.2, 0) is 4.74 Å². The fourth-order valence-electron chi connectivity index (χ4n) is 4.15. The Morgan fingerprint density at radius 1 is 0.938 bits per heavy atom. The van der Waals surface area contributed by atoms with Gasteiger partial charge in [-0.05, 0) is 74.6 Å². The summed E-state index contributed by atoms with van der Waals surface area (Å²) in [5, 5.41) is 1.00. The topological polar surface area (TPSA) is 49.9 Å². The van der Waals surface area contributed by atoms with Gasteiger partial charge in [0.15, 0.2) is 0 Å². The van der Waals surface area contributed by atoms with Crippen molar-refractivity contribution in [2.45, 2.75) is 51.2 Å². The van der Waals surface area contributed by atoms with E-state index in [2.05, 4.69) is 0 Å². The first-order valence-electron chi connectivity index (χ1n) is 10.7. The number of nitrogens with zero attached hydrogens (tertiary/aromatic N) is 2. The van der Waals surface area contributed by atoms with Crippen LogP contribution in [0.1, 0.15) is 72.6 Å². The van der Waals surface area contributed by atoms with Crippen LogP contribution in [0.2, 0.25) is 10.0 Å². The Bertz CT molecular complexity index is 1030. The molecule has 5 nitrogen and oxygen atoms in total. The maximum atomic E-state index is 12.8. The Morgan fingerprint density at radius 2 is 1.62 bits per heavy atom. The van der Waals surface area contributed by atoms with Crippen LogP contribution in [0.5, 0.6) is 0 Å². The van der Waals surface area contributed by atoms with E-state index in [4.69, 9.17) is 27.9 Å². The first-order chi connectivity index (χ1) is 14.9. The SMILES string of the molecule is CN(C)C(=O)c1ccc2c(c1)[C@H](c1ccc(Cl)c(Cl)c1)CC[C@@H]2N(C)C(=O)OC(C)(C)C. The van der Waals surface area contributed by atoms with Gasteiger partial charge in [0, 0.05) is 32.6 Å². The van der Waals surface area contributed by atoms with Crippen molar-refractivity contribution in [3.05, 3.63) is 68.7 Å². The summed E-state index contributed by atoms with van der Waals surface area (Å²) >= 11 is 12.4. The van der Waals surface area contributed by atoms with Gasteiger partial charge in [-0.25, -0.2) is 4.79 Å². The number of ether oxygens (including phenoxy) is 1. The molecule has 3 rings (SSSR count). The number of hydrogen-bond donors (Lipinski definition) is 0. The fourth-order valence-corrected chi connectivity index (χ4v) is 4.45. The third kappa shape index (κ3) is 5.21. The smallest absolute Gasteiger partial charge is 0.410 e. The zero-order valence-electron chi connectivity index (χ0n) is 19.4. The van der Waals surface area contributed by atoms with E-state index in [1.165, 1.54) is 0 Å². The molecule has 0 fully saturated rings. The summed E-state index contributed by atoms with van der Waals surface area (Å²) in [6, 6.07) is 11.2. The van der Waals surface area contributed by atoms with Crippen molar-refractivity contribution in [3.8, 4) is 0 Å². The zero-order chi connectivity index (χ0) is 23.8. The van der Waals surface area contributed by atoms with Crippen molar-refractivity contribution in [2.75, 3.05) is 21.1 Å². The average Bonchev–Trinajstić information content (AvgIpc) is 2.72. The molecule has 0 bridgehead atoms. The third-order valence-corrected chi connectivity index (χ3v) is 6.44. The molecule has 7 heteroatoms. The van der Waals surface area contributed by atoms with Crippen molar-refractivity contribution in [3.63, 3.8) is 0 Å². The minimum Gasteiger partial charge on any atom is -0.444 e. The van der Waals surface area contributed by atoms with Gasteiger partial charge >= 0.3 is 6.09 Å². The maximum absolute atomic E-state index is 12.8. The highest BCUT2D eigenvalue weighted by Gasteiger charge is 2.34. The zero-order valence-corrected chi connectivity index (χ0v) is 20.9. The molecule has 0 saturated heterocycles. The van der Waals surface area contributed by atoms with Crippen LogP contribution in [0.4, 0.5) is 4.79 Å². The molecule has 1 aliphatic carbocycles. The highest BCUT2D eigenvalue weighted by molar-refractivity contribution is 6.42. The number of rotatable bonds is 3. The van der Waals surface area contributed by atoms with Crippen molar-refractivity contribution in [2.24, 2.45) is 0 Å². The standard InChI is InChI=1S/C25H30Cl2N2O3/c1-25(2,3)32-24(31)29(6)22-12-10-17(15-8-11-20(26)21(27)14-15)19-13-16(7-9-18(19)22)23(30)28(4)5/h7-9,11,13-14,17,22H,10,12H2,1-6H3/t17-,22-/m0/s1. The molecule has 172 valence electrons. The van der Waals surface area contributed by atoms with Gasteiger partial charge < -0.3 is 14.5 Å². The number of halogens is 2. The van der Waals surface area contributed by atoms with Gasteiger partial charge in [0.1, 0.15) is 5.60 Å². The first kappa shape index (κ1) is 24.4. The van der Waals surface area contributed by atoms with E-state index in [-0.39, 0.29) is 24.0 Å². The van der Waals surface area contributed by atoms with E-state index in [1.54, 1.807) is 37.0 Å². The lowest BCUT2D eigenvalue weighted by Gasteiger charge is -2.38. The number of benzene rings is 2. The summed E-state index contributed by atoms with van der Waals surface area (Å²) in [6.07, 6.45) is 1.19. The van der Waals surface area contributed by atoms with Gasteiger partial charge in [-0.1, -0.05) is 35.3 Å². The molecule has 0 spiro atoms. The first-order valence-corrected chi connectivity index (χ1v) is 11.4. The molecule has 0 saturated carbocycles. The summed E-state index contributed by atoms with van der Waals surface area (Å²) in [4.78, 5) is 28.6. The monoisotopic (exact) mass is 476 g/mol. The second-order valence-electron chi connectivity index (χ2n) is 9.45. The predicted octanol–water partition coefficient (Wildman–Crippen LogP) is 6.53. The largest absolute Gasteiger partial charge is 0.444 e. The molecule has 1 aliphatic rings. The van der Waals surface area contributed by atoms with Crippen LogP contribution in [0.15, 0.2) is 36.4 Å². The molecule has 2 atom stereocenters. The van der Waals surface area contributed by atoms with E-state index < -0.39 is 5.60 Å². The van der Waals surface area contributed by atoms with Crippen LogP contribution in [0.25, 0.3) is 0 Å². The summed E-state index contributed by atoms with van der Waals surface area (Å²) in [5.41, 5.74) is 3.10. The highest BCUT2D eigenvalue weighted by Crippen LogP contribution is 2.45. The van der Waals surface area contributed by atoms with Crippen molar-refractivity contribution in [1.82, 2.24) is 9.80 Å². The molecule has 2 aromatic rings. The van der Waals surface area contributed by atoms with E-state index in [0.29, 0.717) is 15.6 Å². The van der Waals surface area contributed by atoms with Crippen LogP contribution in [-0.4, -0.2) is 48.5 Å². The van der Waals surface area contributed by atoms with Gasteiger partial charge in [0.2, 0.25) is 0 Å². The van der Waals surface area contributed by atoms with Gasteiger partial charge in [0.05, 0.1) is 16.1 Å². The lowest BCUT2D eigenvalue weighted by atomic mass is 9.75. The van der Waals surface area contributed by atoms with Gasteiger partial charge in [-0.3, -0.25) is 4.79 Å². The van der Waals surface area contributed by atoms with E-state index >= 15 is 0 Å². The lowest BCUT2D eigenvalue weighted by Crippen LogP contribution is -2.38. The average molecular weight is 477 g/mol. The van der Waals surface area contributed by atoms with E-state index in [1.807, 2.05) is 51.1 Å². The Kier molecular flexibility index (Phi) is 7.11. The highest BCUT2D eigenvalue weighted by atomic mass is 35.5. The van der Waals surface area contributed by atoms with Crippen molar-refractivity contribution < 1.29 is 14.3 Å².